The summed E-state index contributed by atoms with van der Waals surface area (Å²) in [6.45, 7) is 0. The van der Waals surface area contributed by atoms with Crippen molar-refractivity contribution in [3.8, 4) is 0 Å². The van der Waals surface area contributed by atoms with Gasteiger partial charge in [-0.3, -0.25) is 9.69 Å². The van der Waals surface area contributed by atoms with Gasteiger partial charge in [0.15, 0.2) is 5.82 Å². The largest absolute Gasteiger partial charge is 0.278 e. The van der Waals surface area contributed by atoms with Crippen LogP contribution in [0.2, 0.25) is 0 Å². The molecule has 1 aromatic heterocycles. The van der Waals surface area contributed by atoms with Gasteiger partial charge >= 0.3 is 0 Å². The van der Waals surface area contributed by atoms with Crippen LogP contribution in [0.15, 0.2) is 36.5 Å². The van der Waals surface area contributed by atoms with Gasteiger partial charge in [0.25, 0.3) is 0 Å². The van der Waals surface area contributed by atoms with Crippen LogP contribution in [0.1, 0.15) is 0 Å². The van der Waals surface area contributed by atoms with Crippen molar-refractivity contribution >= 4 is 17.9 Å². The summed E-state index contributed by atoms with van der Waals surface area (Å²) in [5, 5.41) is 9.92. The van der Waals surface area contributed by atoms with Gasteiger partial charge in [0, 0.05) is 0 Å². The lowest BCUT2D eigenvalue weighted by Gasteiger charge is -2.12. The van der Waals surface area contributed by atoms with Crippen molar-refractivity contribution in [2.75, 3.05) is 4.90 Å². The topological polar surface area (TPSA) is 61.9 Å². The predicted molar refractivity (Wildman–Crippen MR) is 51.0 cm³/mol. The first kappa shape index (κ1) is 8.43. The molecule has 0 saturated carbocycles. The monoisotopic (exact) mass is 188 g/mol. The number of aromatic nitrogens is 3. The van der Waals surface area contributed by atoms with E-state index >= 15 is 0 Å². The van der Waals surface area contributed by atoms with Crippen molar-refractivity contribution in [1.29, 1.82) is 0 Å². The summed E-state index contributed by atoms with van der Waals surface area (Å²) in [7, 11) is 0. The maximum absolute atomic E-state index is 10.8. The molecule has 0 aliphatic heterocycles. The first-order valence-corrected chi connectivity index (χ1v) is 4.07. The van der Waals surface area contributed by atoms with Crippen molar-refractivity contribution < 1.29 is 4.79 Å². The Hall–Kier alpha value is -2.17. The Morgan fingerprint density at radius 3 is 2.64 bits per heavy atom. The SMILES string of the molecule is O=CN(c1ccccc1)c1cn[nH]n1. The number of carbonyl (C=O) groups is 1. The van der Waals surface area contributed by atoms with Crippen LogP contribution in [-0.2, 0) is 4.79 Å². The Labute approximate surface area is 80.4 Å². The van der Waals surface area contributed by atoms with Crippen molar-refractivity contribution in [3.05, 3.63) is 36.5 Å². The van der Waals surface area contributed by atoms with Crippen LogP contribution in [0.4, 0.5) is 11.5 Å². The third kappa shape index (κ3) is 1.47. The second-order valence-corrected chi connectivity index (χ2v) is 2.64. The smallest absolute Gasteiger partial charge is 0.219 e. The van der Waals surface area contributed by atoms with E-state index in [-0.39, 0.29) is 0 Å². The number of hydrogen-bond acceptors (Lipinski definition) is 3. The van der Waals surface area contributed by atoms with E-state index < -0.39 is 0 Å². The quantitative estimate of drug-likeness (QED) is 0.733. The minimum Gasteiger partial charge on any atom is -0.278 e. The number of rotatable bonds is 3. The summed E-state index contributed by atoms with van der Waals surface area (Å²) in [6, 6.07) is 9.24. The van der Waals surface area contributed by atoms with Gasteiger partial charge in [-0.25, -0.2) is 0 Å². The van der Waals surface area contributed by atoms with Crippen molar-refractivity contribution in [3.63, 3.8) is 0 Å². The Morgan fingerprint density at radius 1 is 1.29 bits per heavy atom. The molecule has 0 aliphatic carbocycles. The highest BCUT2D eigenvalue weighted by Crippen LogP contribution is 2.19. The zero-order valence-electron chi connectivity index (χ0n) is 7.29. The number of para-hydroxylation sites is 1. The van der Waals surface area contributed by atoms with Crippen LogP contribution in [0.25, 0.3) is 0 Å². The first-order chi connectivity index (χ1) is 6.92. The third-order valence-electron chi connectivity index (χ3n) is 1.79. The number of nitrogens with zero attached hydrogens (tertiary/aromatic N) is 3. The lowest BCUT2D eigenvalue weighted by molar-refractivity contribution is -0.106. The maximum Gasteiger partial charge on any atom is 0.219 e. The summed E-state index contributed by atoms with van der Waals surface area (Å²) < 4.78 is 0. The Balaban J connectivity index is 2.36. The minimum atomic E-state index is 0.478. The van der Waals surface area contributed by atoms with Crippen molar-refractivity contribution in [2.45, 2.75) is 0 Å². The van der Waals surface area contributed by atoms with E-state index in [1.807, 2.05) is 30.3 Å². The van der Waals surface area contributed by atoms with E-state index in [1.54, 1.807) is 0 Å². The predicted octanol–water partition coefficient (Wildman–Crippen LogP) is 1.10. The van der Waals surface area contributed by atoms with Crippen LogP contribution in [0.5, 0.6) is 0 Å². The fourth-order valence-electron chi connectivity index (χ4n) is 1.15. The molecule has 0 spiro atoms. The molecule has 0 bridgehead atoms. The van der Waals surface area contributed by atoms with Crippen LogP contribution < -0.4 is 4.90 Å². The number of amides is 1. The van der Waals surface area contributed by atoms with Gasteiger partial charge in [-0.2, -0.15) is 10.3 Å². The summed E-state index contributed by atoms with van der Waals surface area (Å²) in [6.07, 6.45) is 2.19. The fourth-order valence-corrected chi connectivity index (χ4v) is 1.15. The van der Waals surface area contributed by atoms with E-state index in [4.69, 9.17) is 0 Å². The standard InChI is InChI=1S/C9H8N4O/c14-7-13(9-6-10-12-11-9)8-4-2-1-3-5-8/h1-7H,(H,10,11,12). The molecule has 5 heteroatoms. The van der Waals surface area contributed by atoms with Crippen LogP contribution in [0.3, 0.4) is 0 Å². The Kier molecular flexibility index (Phi) is 2.22. The average molecular weight is 188 g/mol. The summed E-state index contributed by atoms with van der Waals surface area (Å²) in [4.78, 5) is 12.3. The second-order valence-electron chi connectivity index (χ2n) is 2.64. The van der Waals surface area contributed by atoms with E-state index in [0.717, 1.165) is 5.69 Å². The lowest BCUT2D eigenvalue weighted by atomic mass is 10.3. The molecule has 2 rings (SSSR count). The molecule has 0 aliphatic rings. The van der Waals surface area contributed by atoms with Crippen molar-refractivity contribution in [1.82, 2.24) is 15.4 Å². The maximum atomic E-state index is 10.8. The third-order valence-corrected chi connectivity index (χ3v) is 1.79. The highest BCUT2D eigenvalue weighted by atomic mass is 16.1. The number of H-pyrrole nitrogens is 1. The normalized spacial score (nSPS) is 9.71. The van der Waals surface area contributed by atoms with Crippen LogP contribution >= 0.6 is 0 Å². The van der Waals surface area contributed by atoms with E-state index in [1.165, 1.54) is 11.1 Å². The average Bonchev–Trinajstić information content (AvgIpc) is 2.74. The minimum absolute atomic E-state index is 0.478. The van der Waals surface area contributed by atoms with Gasteiger partial charge < -0.3 is 0 Å². The number of hydrogen-bond donors (Lipinski definition) is 1. The lowest BCUT2D eigenvalue weighted by Crippen LogP contribution is -2.14. The van der Waals surface area contributed by atoms with Crippen LogP contribution in [0, 0.1) is 0 Å². The van der Waals surface area contributed by atoms with Crippen molar-refractivity contribution in [2.24, 2.45) is 0 Å². The highest BCUT2D eigenvalue weighted by molar-refractivity contribution is 5.84. The van der Waals surface area contributed by atoms with E-state index in [9.17, 15) is 4.79 Å². The first-order valence-electron chi connectivity index (χ1n) is 4.07. The van der Waals surface area contributed by atoms with E-state index in [0.29, 0.717) is 12.2 Å². The second kappa shape index (κ2) is 3.69. The van der Waals surface area contributed by atoms with Gasteiger partial charge in [-0.05, 0) is 12.1 Å². The van der Waals surface area contributed by atoms with Gasteiger partial charge in [0.2, 0.25) is 6.41 Å². The number of benzene rings is 1. The number of aromatic amines is 1. The number of carbonyl (C=O) groups excluding carboxylic acids is 1. The fraction of sp³-hybridized carbons (Fsp3) is 0. The van der Waals surface area contributed by atoms with Crippen LogP contribution in [-0.4, -0.2) is 21.8 Å². The van der Waals surface area contributed by atoms with Gasteiger partial charge in [-0.15, -0.1) is 5.10 Å². The molecular formula is C9H8N4O. The molecule has 1 aromatic carbocycles. The molecule has 0 atom stereocenters. The van der Waals surface area contributed by atoms with Gasteiger partial charge in [0.1, 0.15) is 0 Å². The molecule has 2 aromatic rings. The van der Waals surface area contributed by atoms with Gasteiger partial charge in [-0.1, -0.05) is 18.2 Å². The number of nitrogens with one attached hydrogen (secondary N) is 1. The summed E-state index contributed by atoms with van der Waals surface area (Å²) in [5.74, 6) is 0.478. The molecule has 5 nitrogen and oxygen atoms in total. The molecule has 1 N–H and O–H groups in total. The van der Waals surface area contributed by atoms with E-state index in [2.05, 4.69) is 15.4 Å². The molecule has 1 amide bonds. The van der Waals surface area contributed by atoms with Gasteiger partial charge in [0.05, 0.1) is 11.9 Å². The highest BCUT2D eigenvalue weighted by Gasteiger charge is 2.09. The number of anilines is 2. The molecule has 0 saturated heterocycles. The zero-order chi connectivity index (χ0) is 9.80. The molecule has 1 heterocycles. The zero-order valence-corrected chi connectivity index (χ0v) is 7.29. The summed E-state index contributed by atoms with van der Waals surface area (Å²) >= 11 is 0. The molecule has 0 fully saturated rings. The molecule has 70 valence electrons. The Morgan fingerprint density at radius 2 is 2.07 bits per heavy atom. The molecule has 0 unspecified atom stereocenters. The molecular weight excluding hydrogens is 180 g/mol. The Bertz CT molecular complexity index is 398. The molecule has 14 heavy (non-hydrogen) atoms. The molecule has 0 radical (unpaired) electrons. The summed E-state index contributed by atoms with van der Waals surface area (Å²) in [5.41, 5.74) is 0.761.